The van der Waals surface area contributed by atoms with Crippen molar-refractivity contribution in [2.45, 2.75) is 26.3 Å². The summed E-state index contributed by atoms with van der Waals surface area (Å²) in [6.45, 7) is 3.76. The van der Waals surface area contributed by atoms with Crippen LogP contribution in [-0.4, -0.2) is 17.1 Å². The largest absolute Gasteiger partial charge is 1.00 e. The summed E-state index contributed by atoms with van der Waals surface area (Å²) in [5, 5.41) is 8.36. The number of carboxylic acids is 1. The topological polar surface area (TPSA) is 63.3 Å². The third kappa shape index (κ3) is 3.94. The fourth-order valence-electron chi connectivity index (χ4n) is 0.497. The van der Waals surface area contributed by atoms with Crippen molar-refractivity contribution in [2.24, 2.45) is 11.7 Å². The maximum Gasteiger partial charge on any atom is 1.00 e. The fourth-order valence-corrected chi connectivity index (χ4v) is 0.497. The minimum atomic E-state index is -0.913. The molecule has 0 radical (unpaired) electrons. The Kier molecular flexibility index (Phi) is 7.34. The minimum absolute atomic E-state index is 0. The Morgan fingerprint density at radius 1 is 1.80 bits per heavy atom. The van der Waals surface area contributed by atoms with Crippen LogP contribution in [0.2, 0.25) is 0 Å². The van der Waals surface area contributed by atoms with Crippen molar-refractivity contribution in [3.8, 4) is 0 Å². The van der Waals surface area contributed by atoms with Gasteiger partial charge in [0.05, 0.1) is 0 Å². The van der Waals surface area contributed by atoms with E-state index in [0.29, 0.717) is 0 Å². The van der Waals surface area contributed by atoms with Crippen molar-refractivity contribution in [2.75, 3.05) is 0 Å². The van der Waals surface area contributed by atoms with E-state index in [-0.39, 0.29) is 26.2 Å². The number of carbonyl (C=O) groups is 1. The van der Waals surface area contributed by atoms with E-state index in [1.165, 1.54) is 0 Å². The number of nitrogens with two attached hydrogens (primary N) is 1. The van der Waals surface area contributed by atoms with E-state index in [1.807, 2.05) is 13.8 Å². The molecule has 0 aliphatic heterocycles. The van der Waals surface area contributed by atoms with Gasteiger partial charge in [-0.25, -0.2) is 0 Å². The molecule has 0 saturated carbocycles. The SMILES string of the molecule is CCC(C)C(N)C(=O)O.[H-].[Li+]. The van der Waals surface area contributed by atoms with Crippen LogP contribution in [0.5, 0.6) is 0 Å². The first kappa shape index (κ1) is 12.7. The summed E-state index contributed by atoms with van der Waals surface area (Å²) >= 11 is 0. The molecule has 0 heterocycles. The third-order valence-corrected chi connectivity index (χ3v) is 1.54. The molecule has 0 aromatic carbocycles. The maximum absolute atomic E-state index is 10.2. The number of hydrogen-bond acceptors (Lipinski definition) is 2. The number of carboxylic acid groups (broad SMARTS) is 1. The summed E-state index contributed by atoms with van der Waals surface area (Å²) in [7, 11) is 0. The van der Waals surface area contributed by atoms with Crippen LogP contribution in [0, 0.1) is 5.92 Å². The van der Waals surface area contributed by atoms with Gasteiger partial charge < -0.3 is 12.3 Å². The molecule has 0 saturated heterocycles. The van der Waals surface area contributed by atoms with Gasteiger partial charge in [-0.3, -0.25) is 4.79 Å². The minimum Gasteiger partial charge on any atom is -1.00 e. The van der Waals surface area contributed by atoms with Crippen LogP contribution in [0.3, 0.4) is 0 Å². The van der Waals surface area contributed by atoms with Crippen LogP contribution >= 0.6 is 0 Å². The second-order valence-electron chi connectivity index (χ2n) is 2.25. The number of aliphatic carboxylic acids is 1. The van der Waals surface area contributed by atoms with Gasteiger partial charge in [-0.2, -0.15) is 0 Å². The molecular weight excluding hydrogens is 125 g/mol. The molecule has 3 nitrogen and oxygen atoms in total. The van der Waals surface area contributed by atoms with E-state index in [0.717, 1.165) is 6.42 Å². The zero-order valence-corrected chi connectivity index (χ0v) is 6.79. The molecule has 0 spiro atoms. The zero-order chi connectivity index (χ0) is 7.44. The normalized spacial score (nSPS) is 15.1. The van der Waals surface area contributed by atoms with Crippen LogP contribution in [-0.2, 0) is 4.79 Å². The predicted octanol–water partition coefficient (Wildman–Crippen LogP) is -2.44. The van der Waals surface area contributed by atoms with Crippen molar-refractivity contribution >= 4 is 5.97 Å². The van der Waals surface area contributed by atoms with Crippen LogP contribution in [0.1, 0.15) is 21.7 Å². The maximum atomic E-state index is 10.2. The van der Waals surface area contributed by atoms with E-state index in [1.54, 1.807) is 0 Å². The van der Waals surface area contributed by atoms with Crippen LogP contribution in [0.25, 0.3) is 0 Å². The number of rotatable bonds is 3. The first-order valence-corrected chi connectivity index (χ1v) is 3.08. The molecule has 0 rings (SSSR count). The first-order chi connectivity index (χ1) is 4.09. The van der Waals surface area contributed by atoms with Gasteiger partial charge in [0.15, 0.2) is 0 Å². The van der Waals surface area contributed by atoms with E-state index in [9.17, 15) is 4.79 Å². The van der Waals surface area contributed by atoms with Crippen LogP contribution in [0.15, 0.2) is 0 Å². The smallest absolute Gasteiger partial charge is 1.00 e. The second kappa shape index (κ2) is 5.79. The fraction of sp³-hybridized carbons (Fsp3) is 0.833. The Morgan fingerprint density at radius 2 is 2.20 bits per heavy atom. The van der Waals surface area contributed by atoms with Gasteiger partial charge in [0.1, 0.15) is 6.04 Å². The molecule has 0 aromatic heterocycles. The molecule has 4 heteroatoms. The molecule has 3 N–H and O–H groups in total. The van der Waals surface area contributed by atoms with E-state index in [2.05, 4.69) is 0 Å². The van der Waals surface area contributed by atoms with Crippen molar-refractivity contribution in [1.29, 1.82) is 0 Å². The van der Waals surface area contributed by atoms with E-state index in [4.69, 9.17) is 10.8 Å². The molecule has 56 valence electrons. The average molecular weight is 139 g/mol. The summed E-state index contributed by atoms with van der Waals surface area (Å²) in [6.07, 6.45) is 0.813. The summed E-state index contributed by atoms with van der Waals surface area (Å²) in [5.41, 5.74) is 5.27. The van der Waals surface area contributed by atoms with Gasteiger partial charge >= 0.3 is 24.8 Å². The Bertz CT molecular complexity index is 113. The summed E-state index contributed by atoms with van der Waals surface area (Å²) in [4.78, 5) is 10.2. The molecule has 2 unspecified atom stereocenters. The van der Waals surface area contributed by atoms with Gasteiger partial charge in [0.2, 0.25) is 0 Å². The molecule has 0 aliphatic carbocycles. The summed E-state index contributed by atoms with van der Waals surface area (Å²) in [5.74, 6) is -0.841. The number of hydrogen-bond donors (Lipinski definition) is 2. The van der Waals surface area contributed by atoms with Crippen molar-refractivity contribution in [3.05, 3.63) is 0 Å². The van der Waals surface area contributed by atoms with Gasteiger partial charge in [0, 0.05) is 0 Å². The van der Waals surface area contributed by atoms with Gasteiger partial charge in [-0.1, -0.05) is 20.3 Å². The third-order valence-electron chi connectivity index (χ3n) is 1.54. The summed E-state index contributed by atoms with van der Waals surface area (Å²) < 4.78 is 0. The molecule has 0 fully saturated rings. The van der Waals surface area contributed by atoms with E-state index < -0.39 is 12.0 Å². The second-order valence-corrected chi connectivity index (χ2v) is 2.25. The monoisotopic (exact) mass is 139 g/mol. The average Bonchev–Trinajstić information content (AvgIpc) is 1.84. The van der Waals surface area contributed by atoms with Gasteiger partial charge in [-0.05, 0) is 5.92 Å². The molecule has 0 amide bonds. The molecular formula is C6H14LiNO2. The predicted molar refractivity (Wildman–Crippen MR) is 36.2 cm³/mol. The first-order valence-electron chi connectivity index (χ1n) is 3.08. The van der Waals surface area contributed by atoms with Gasteiger partial charge in [-0.15, -0.1) is 0 Å². The van der Waals surface area contributed by atoms with Crippen LogP contribution in [0.4, 0.5) is 0 Å². The standard InChI is InChI=1S/C6H13NO2.Li.H/c1-3-4(2)5(7)6(8)9;;/h4-5H,3,7H2,1-2H3,(H,8,9);;/q;+1;-1. The van der Waals surface area contributed by atoms with Crippen molar-refractivity contribution < 1.29 is 30.2 Å². The molecule has 0 aliphatic rings. The summed E-state index contributed by atoms with van der Waals surface area (Å²) in [6, 6.07) is -0.699. The Balaban J connectivity index is -0.000000320. The van der Waals surface area contributed by atoms with Crippen molar-refractivity contribution in [3.63, 3.8) is 0 Å². The van der Waals surface area contributed by atoms with Gasteiger partial charge in [0.25, 0.3) is 0 Å². The molecule has 2 atom stereocenters. The van der Waals surface area contributed by atoms with E-state index >= 15 is 0 Å². The van der Waals surface area contributed by atoms with Crippen molar-refractivity contribution in [1.82, 2.24) is 0 Å². The zero-order valence-electron chi connectivity index (χ0n) is 7.79. The Hall–Kier alpha value is 0.0274. The Labute approximate surface area is 74.6 Å². The Morgan fingerprint density at radius 3 is 2.30 bits per heavy atom. The molecule has 0 bridgehead atoms. The van der Waals surface area contributed by atoms with Crippen LogP contribution < -0.4 is 24.6 Å². The quantitative estimate of drug-likeness (QED) is 0.427. The molecule has 0 aromatic rings. The molecule has 10 heavy (non-hydrogen) atoms.